The minimum atomic E-state index is -3.70. The van der Waals surface area contributed by atoms with Crippen LogP contribution in [0.4, 0.5) is 0 Å². The molecule has 0 aliphatic heterocycles. The molecule has 0 unspecified atom stereocenters. The third-order valence-electron chi connectivity index (χ3n) is 1.48. The second kappa shape index (κ2) is 3.51. The summed E-state index contributed by atoms with van der Waals surface area (Å²) in [5, 5.41) is 6.45. The highest BCUT2D eigenvalue weighted by Crippen LogP contribution is 2.11. The molecule has 0 radical (unpaired) electrons. The Bertz CT molecular complexity index is 442. The lowest BCUT2D eigenvalue weighted by molar-refractivity contribution is 0.598. The van der Waals surface area contributed by atoms with Gasteiger partial charge in [-0.1, -0.05) is 22.1 Å². The van der Waals surface area contributed by atoms with Crippen LogP contribution in [0.1, 0.15) is 5.56 Å². The van der Waals surface area contributed by atoms with Gasteiger partial charge in [-0.3, -0.25) is 0 Å². The quantitative estimate of drug-likeness (QED) is 0.727. The minimum Gasteiger partial charge on any atom is -0.241 e. The summed E-state index contributed by atoms with van der Waals surface area (Å²) in [6.45, 7) is 1.86. The predicted octanol–water partition coefficient (Wildman–Crippen LogP) is 1.44. The summed E-state index contributed by atoms with van der Waals surface area (Å²) in [7, 11) is -3.70. The molecule has 0 amide bonds. The molecule has 0 saturated heterocycles. The van der Waals surface area contributed by atoms with Crippen LogP contribution in [-0.4, -0.2) is 14.4 Å². The standard InChI is InChI=1S/C8H8N2O2S/c1-7-2-4-8(5-3-7)13(11,12)10-6-9/h2-5,9H,1H3. The molecule has 1 rings (SSSR count). The minimum absolute atomic E-state index is 0.0813. The van der Waals surface area contributed by atoms with Crippen LogP contribution in [0.25, 0.3) is 0 Å². The van der Waals surface area contributed by atoms with Crippen molar-refractivity contribution < 1.29 is 8.42 Å². The second-order valence-corrected chi connectivity index (χ2v) is 4.10. The summed E-state index contributed by atoms with van der Waals surface area (Å²) in [5.41, 5.74) is 0.970. The van der Waals surface area contributed by atoms with Crippen molar-refractivity contribution in [2.24, 2.45) is 4.40 Å². The van der Waals surface area contributed by atoms with Crippen LogP contribution >= 0.6 is 0 Å². The number of aryl methyl sites for hydroxylation is 1. The third-order valence-corrected chi connectivity index (χ3v) is 2.68. The van der Waals surface area contributed by atoms with Crippen molar-refractivity contribution >= 4 is 16.0 Å². The van der Waals surface area contributed by atoms with Gasteiger partial charge in [0.05, 0.1) is 4.90 Å². The van der Waals surface area contributed by atoms with Gasteiger partial charge in [0.25, 0.3) is 10.0 Å². The Morgan fingerprint density at radius 2 is 1.85 bits per heavy atom. The van der Waals surface area contributed by atoms with Gasteiger partial charge in [-0.25, -0.2) is 5.41 Å². The smallest absolute Gasteiger partial charge is 0.241 e. The average molecular weight is 196 g/mol. The van der Waals surface area contributed by atoms with Crippen molar-refractivity contribution in [2.45, 2.75) is 11.8 Å². The SMILES string of the molecule is Cc1ccc(S(=O)(=O)N=C=N)cc1. The van der Waals surface area contributed by atoms with E-state index >= 15 is 0 Å². The molecule has 4 nitrogen and oxygen atoms in total. The third kappa shape index (κ3) is 2.24. The fourth-order valence-corrected chi connectivity index (χ4v) is 1.53. The second-order valence-electron chi connectivity index (χ2n) is 2.49. The molecule has 0 aromatic heterocycles. The molecule has 13 heavy (non-hydrogen) atoms. The predicted molar refractivity (Wildman–Crippen MR) is 48.5 cm³/mol. The van der Waals surface area contributed by atoms with Gasteiger partial charge >= 0.3 is 0 Å². The van der Waals surface area contributed by atoms with Crippen molar-refractivity contribution in [3.05, 3.63) is 29.8 Å². The molecule has 0 aliphatic rings. The van der Waals surface area contributed by atoms with Gasteiger partial charge in [0.2, 0.25) is 0 Å². The van der Waals surface area contributed by atoms with Crippen LogP contribution in [0.2, 0.25) is 0 Å². The van der Waals surface area contributed by atoms with E-state index in [1.54, 1.807) is 12.1 Å². The van der Waals surface area contributed by atoms with Crippen molar-refractivity contribution in [3.8, 4) is 0 Å². The van der Waals surface area contributed by atoms with Gasteiger partial charge in [-0.05, 0) is 19.1 Å². The molecular weight excluding hydrogens is 188 g/mol. The van der Waals surface area contributed by atoms with Crippen LogP contribution in [0.3, 0.4) is 0 Å². The van der Waals surface area contributed by atoms with Gasteiger partial charge in [-0.15, -0.1) is 0 Å². The molecule has 0 aliphatic carbocycles. The normalized spacial score (nSPS) is 10.5. The zero-order valence-electron chi connectivity index (χ0n) is 6.98. The maximum absolute atomic E-state index is 11.2. The van der Waals surface area contributed by atoms with E-state index in [2.05, 4.69) is 4.40 Å². The molecule has 1 aromatic carbocycles. The molecule has 1 aromatic rings. The number of nitrogens with one attached hydrogen (secondary N) is 1. The number of hydrogen-bond acceptors (Lipinski definition) is 3. The molecule has 0 saturated carbocycles. The lowest BCUT2D eigenvalue weighted by atomic mass is 10.2. The number of benzene rings is 1. The largest absolute Gasteiger partial charge is 0.291 e. The van der Waals surface area contributed by atoms with Crippen molar-refractivity contribution in [1.29, 1.82) is 5.41 Å². The van der Waals surface area contributed by atoms with Gasteiger partial charge in [0.15, 0.2) is 0 Å². The highest BCUT2D eigenvalue weighted by atomic mass is 32.2. The van der Waals surface area contributed by atoms with E-state index in [4.69, 9.17) is 5.41 Å². The topological polar surface area (TPSA) is 70.3 Å². The van der Waals surface area contributed by atoms with Crippen molar-refractivity contribution in [1.82, 2.24) is 0 Å². The van der Waals surface area contributed by atoms with E-state index in [9.17, 15) is 8.42 Å². The Labute approximate surface area is 76.5 Å². The fraction of sp³-hybridized carbons (Fsp3) is 0.125. The molecule has 5 heteroatoms. The van der Waals surface area contributed by atoms with Crippen LogP contribution in [0.5, 0.6) is 0 Å². The van der Waals surface area contributed by atoms with Crippen LogP contribution in [0, 0.1) is 12.3 Å². The van der Waals surface area contributed by atoms with Crippen LogP contribution in [-0.2, 0) is 10.0 Å². The first-order valence-corrected chi connectivity index (χ1v) is 4.96. The highest BCUT2D eigenvalue weighted by molar-refractivity contribution is 7.90. The Balaban J connectivity index is 3.24. The summed E-state index contributed by atoms with van der Waals surface area (Å²) >= 11 is 0. The summed E-state index contributed by atoms with van der Waals surface area (Å²) in [6, 6.07) is 7.75. The molecule has 1 N–H and O–H groups in total. The summed E-state index contributed by atoms with van der Waals surface area (Å²) in [6.07, 6.45) is 0. The molecule has 68 valence electrons. The zero-order chi connectivity index (χ0) is 9.90. The number of rotatable bonds is 2. The molecule has 0 fully saturated rings. The van der Waals surface area contributed by atoms with E-state index in [-0.39, 0.29) is 4.90 Å². The number of nitrogens with zero attached hydrogens (tertiary/aromatic N) is 1. The fourth-order valence-electron chi connectivity index (χ4n) is 0.823. The lowest BCUT2D eigenvalue weighted by Crippen LogP contribution is -1.95. The Hall–Kier alpha value is -1.45. The first-order valence-electron chi connectivity index (χ1n) is 3.52. The zero-order valence-corrected chi connectivity index (χ0v) is 7.80. The molecule has 0 atom stereocenters. The first-order chi connectivity index (χ1) is 6.06. The first kappa shape index (κ1) is 9.64. The van der Waals surface area contributed by atoms with E-state index in [0.717, 1.165) is 5.56 Å². The molecular formula is C8H8N2O2S. The molecule has 0 spiro atoms. The number of sulfonamides is 1. The monoisotopic (exact) mass is 196 g/mol. The van der Waals surface area contributed by atoms with Gasteiger partial charge in [0, 0.05) is 0 Å². The Morgan fingerprint density at radius 1 is 1.31 bits per heavy atom. The van der Waals surface area contributed by atoms with Crippen molar-refractivity contribution in [3.63, 3.8) is 0 Å². The maximum atomic E-state index is 11.2. The van der Waals surface area contributed by atoms with Gasteiger partial charge in [-0.2, -0.15) is 8.42 Å². The van der Waals surface area contributed by atoms with Gasteiger partial charge < -0.3 is 0 Å². The average Bonchev–Trinajstić information content (AvgIpc) is 2.05. The summed E-state index contributed by atoms with van der Waals surface area (Å²) < 4.78 is 25.3. The lowest BCUT2D eigenvalue weighted by Gasteiger charge is -1.96. The highest BCUT2D eigenvalue weighted by Gasteiger charge is 2.10. The van der Waals surface area contributed by atoms with Crippen LogP contribution in [0.15, 0.2) is 33.6 Å². The Morgan fingerprint density at radius 3 is 2.31 bits per heavy atom. The van der Waals surface area contributed by atoms with E-state index in [0.29, 0.717) is 0 Å². The number of hydrogen-bond donors (Lipinski definition) is 1. The molecule has 0 heterocycles. The van der Waals surface area contributed by atoms with E-state index in [1.807, 2.05) is 6.92 Å². The Kier molecular flexibility index (Phi) is 2.60. The maximum Gasteiger partial charge on any atom is 0.291 e. The van der Waals surface area contributed by atoms with Gasteiger partial charge in [0.1, 0.15) is 6.01 Å². The summed E-state index contributed by atoms with van der Waals surface area (Å²) in [5.74, 6) is 0. The van der Waals surface area contributed by atoms with Crippen molar-refractivity contribution in [2.75, 3.05) is 0 Å². The van der Waals surface area contributed by atoms with E-state index in [1.165, 1.54) is 18.1 Å². The van der Waals surface area contributed by atoms with E-state index < -0.39 is 10.0 Å². The summed E-state index contributed by atoms with van der Waals surface area (Å²) in [4.78, 5) is 0.0813. The van der Waals surface area contributed by atoms with Crippen LogP contribution < -0.4 is 0 Å². The molecule has 0 bridgehead atoms.